The first-order chi connectivity index (χ1) is 12.7. The average Bonchev–Trinajstić information content (AvgIpc) is 2.72. The minimum absolute atomic E-state index is 0.0537. The number of carbonyl (C=O) groups is 1. The van der Waals surface area contributed by atoms with Crippen LogP contribution in [0.1, 0.15) is 22.0 Å². The van der Waals surface area contributed by atoms with Gasteiger partial charge in [0.1, 0.15) is 6.61 Å². The Morgan fingerprint density at radius 1 is 1.31 bits per heavy atom. The van der Waals surface area contributed by atoms with E-state index in [1.165, 1.54) is 7.11 Å². The van der Waals surface area contributed by atoms with E-state index >= 15 is 0 Å². The summed E-state index contributed by atoms with van der Waals surface area (Å²) < 4.78 is 10.7. The fraction of sp³-hybridized carbons (Fsp3) is 0.368. The van der Waals surface area contributed by atoms with E-state index in [0.717, 1.165) is 12.1 Å². The molecule has 1 aliphatic heterocycles. The van der Waals surface area contributed by atoms with Crippen molar-refractivity contribution in [1.82, 2.24) is 15.2 Å². The molecule has 0 spiro atoms. The number of ether oxygens (including phenoxy) is 2. The lowest BCUT2D eigenvalue weighted by Gasteiger charge is -2.34. The molecule has 1 aliphatic rings. The first-order valence-electron chi connectivity index (χ1n) is 8.57. The van der Waals surface area contributed by atoms with E-state index in [0.29, 0.717) is 30.2 Å². The van der Waals surface area contributed by atoms with Gasteiger partial charge in [-0.1, -0.05) is 0 Å². The number of hydrogen-bond acceptors (Lipinski definition) is 6. The van der Waals surface area contributed by atoms with Gasteiger partial charge in [-0.2, -0.15) is 0 Å². The summed E-state index contributed by atoms with van der Waals surface area (Å²) in [6.45, 7) is 1.99. The van der Waals surface area contributed by atoms with Gasteiger partial charge in [0.25, 0.3) is 5.91 Å². The van der Waals surface area contributed by atoms with Crippen molar-refractivity contribution < 1.29 is 19.4 Å². The van der Waals surface area contributed by atoms with Crippen molar-refractivity contribution in [3.63, 3.8) is 0 Å². The van der Waals surface area contributed by atoms with Crippen molar-refractivity contribution in [3.8, 4) is 11.5 Å². The molecular formula is C19H23N3O4. The molecule has 7 heteroatoms. The van der Waals surface area contributed by atoms with E-state index in [1.807, 2.05) is 17.0 Å². The van der Waals surface area contributed by atoms with Gasteiger partial charge in [-0.15, -0.1) is 0 Å². The Morgan fingerprint density at radius 3 is 2.85 bits per heavy atom. The molecule has 1 aromatic heterocycles. The third-order valence-electron chi connectivity index (χ3n) is 4.33. The van der Waals surface area contributed by atoms with Crippen LogP contribution in [0.4, 0.5) is 0 Å². The maximum atomic E-state index is 12.9. The fourth-order valence-electron chi connectivity index (χ4n) is 3.01. The van der Waals surface area contributed by atoms with Crippen LogP contribution >= 0.6 is 0 Å². The molecule has 2 aromatic rings. The third-order valence-corrected chi connectivity index (χ3v) is 4.33. The number of piperazine rings is 1. The van der Waals surface area contributed by atoms with Crippen molar-refractivity contribution in [2.24, 2.45) is 0 Å². The Hall–Kier alpha value is -2.64. The molecule has 0 saturated carbocycles. The summed E-state index contributed by atoms with van der Waals surface area (Å²) in [6, 6.07) is 9.11. The molecule has 138 valence electrons. The van der Waals surface area contributed by atoms with E-state index in [-0.39, 0.29) is 25.2 Å². The first-order valence-corrected chi connectivity index (χ1v) is 8.57. The summed E-state index contributed by atoms with van der Waals surface area (Å²) in [4.78, 5) is 18.8. The Kier molecular flexibility index (Phi) is 6.04. The van der Waals surface area contributed by atoms with Gasteiger partial charge in [-0.3, -0.25) is 9.78 Å². The van der Waals surface area contributed by atoms with Crippen LogP contribution in [-0.2, 0) is 0 Å². The third kappa shape index (κ3) is 4.12. The molecule has 2 heterocycles. The molecule has 1 amide bonds. The van der Waals surface area contributed by atoms with Gasteiger partial charge in [0.05, 0.1) is 19.8 Å². The number of pyridine rings is 1. The number of aliphatic hydroxyl groups excluding tert-OH is 1. The molecule has 2 N–H and O–H groups in total. The predicted molar refractivity (Wildman–Crippen MR) is 96.5 cm³/mol. The van der Waals surface area contributed by atoms with Crippen LogP contribution in [0, 0.1) is 0 Å². The van der Waals surface area contributed by atoms with Gasteiger partial charge in [0.2, 0.25) is 0 Å². The van der Waals surface area contributed by atoms with Gasteiger partial charge in [0.15, 0.2) is 11.5 Å². The summed E-state index contributed by atoms with van der Waals surface area (Å²) in [5.41, 5.74) is 1.65. The lowest BCUT2D eigenvalue weighted by atomic mass is 10.0. The summed E-state index contributed by atoms with van der Waals surface area (Å²) >= 11 is 0. The van der Waals surface area contributed by atoms with Crippen LogP contribution in [0.5, 0.6) is 11.5 Å². The number of rotatable bonds is 6. The van der Waals surface area contributed by atoms with E-state index in [4.69, 9.17) is 14.6 Å². The van der Waals surface area contributed by atoms with Crippen LogP contribution < -0.4 is 14.8 Å². The number of aliphatic hydroxyl groups is 1. The largest absolute Gasteiger partial charge is 0.493 e. The van der Waals surface area contributed by atoms with E-state index in [2.05, 4.69) is 10.3 Å². The van der Waals surface area contributed by atoms with E-state index < -0.39 is 0 Å². The number of methoxy groups -OCH3 is 1. The topological polar surface area (TPSA) is 83.9 Å². The van der Waals surface area contributed by atoms with Crippen LogP contribution in [0.2, 0.25) is 0 Å². The molecule has 1 saturated heterocycles. The van der Waals surface area contributed by atoms with Crippen molar-refractivity contribution in [3.05, 3.63) is 53.9 Å². The number of aromatic nitrogens is 1. The molecule has 1 aromatic carbocycles. The Balaban J connectivity index is 1.75. The standard InChI is InChI=1S/C19H23N3O4/c1-25-17-3-2-15(12-18(17)26-11-10-23)19(24)22-9-8-21-16(13-22)14-4-6-20-7-5-14/h2-7,12,16,21,23H,8-11,13H2,1H3. The van der Waals surface area contributed by atoms with Crippen LogP contribution in [0.3, 0.4) is 0 Å². The monoisotopic (exact) mass is 357 g/mol. The molecule has 7 nitrogen and oxygen atoms in total. The van der Waals surface area contributed by atoms with Crippen molar-refractivity contribution in [2.75, 3.05) is 40.0 Å². The number of carbonyl (C=O) groups excluding carboxylic acids is 1. The zero-order chi connectivity index (χ0) is 18.4. The zero-order valence-corrected chi connectivity index (χ0v) is 14.7. The number of hydrogen-bond donors (Lipinski definition) is 2. The SMILES string of the molecule is COc1ccc(C(=O)N2CCNC(c3ccncc3)C2)cc1OCCO. The molecular weight excluding hydrogens is 334 g/mol. The van der Waals surface area contributed by atoms with Crippen molar-refractivity contribution >= 4 is 5.91 Å². The number of nitrogens with one attached hydrogen (secondary N) is 1. The lowest BCUT2D eigenvalue weighted by Crippen LogP contribution is -2.48. The van der Waals surface area contributed by atoms with E-state index in [9.17, 15) is 4.79 Å². The molecule has 1 atom stereocenters. The second-order valence-corrected chi connectivity index (χ2v) is 5.98. The molecule has 0 bridgehead atoms. The summed E-state index contributed by atoms with van der Waals surface area (Å²) in [7, 11) is 1.54. The van der Waals surface area contributed by atoms with Gasteiger partial charge in [0, 0.05) is 37.6 Å². The maximum absolute atomic E-state index is 12.9. The van der Waals surface area contributed by atoms with Gasteiger partial charge in [-0.25, -0.2) is 0 Å². The first kappa shape index (κ1) is 18.2. The highest BCUT2D eigenvalue weighted by molar-refractivity contribution is 5.95. The fourth-order valence-corrected chi connectivity index (χ4v) is 3.01. The molecule has 1 fully saturated rings. The van der Waals surface area contributed by atoms with Crippen LogP contribution in [0.15, 0.2) is 42.7 Å². The highest BCUT2D eigenvalue weighted by Gasteiger charge is 2.25. The van der Waals surface area contributed by atoms with Crippen molar-refractivity contribution in [1.29, 1.82) is 0 Å². The zero-order valence-electron chi connectivity index (χ0n) is 14.7. The molecule has 0 radical (unpaired) electrons. The van der Waals surface area contributed by atoms with Gasteiger partial charge < -0.3 is 24.8 Å². The van der Waals surface area contributed by atoms with Crippen LogP contribution in [-0.4, -0.2) is 60.9 Å². The van der Waals surface area contributed by atoms with Gasteiger partial charge >= 0.3 is 0 Å². The molecule has 0 aliphatic carbocycles. The van der Waals surface area contributed by atoms with Crippen molar-refractivity contribution in [2.45, 2.75) is 6.04 Å². The Morgan fingerprint density at radius 2 is 2.12 bits per heavy atom. The normalized spacial score (nSPS) is 17.0. The predicted octanol–water partition coefficient (Wildman–Crippen LogP) is 1.25. The second-order valence-electron chi connectivity index (χ2n) is 5.98. The highest BCUT2D eigenvalue weighted by Crippen LogP contribution is 2.29. The highest BCUT2D eigenvalue weighted by atomic mass is 16.5. The van der Waals surface area contributed by atoms with E-state index in [1.54, 1.807) is 30.6 Å². The minimum Gasteiger partial charge on any atom is -0.493 e. The van der Waals surface area contributed by atoms with Gasteiger partial charge in [-0.05, 0) is 35.9 Å². The van der Waals surface area contributed by atoms with Crippen LogP contribution in [0.25, 0.3) is 0 Å². The molecule has 3 rings (SSSR count). The average molecular weight is 357 g/mol. The summed E-state index contributed by atoms with van der Waals surface area (Å²) in [5, 5.41) is 12.4. The summed E-state index contributed by atoms with van der Waals surface area (Å²) in [5.74, 6) is 0.931. The Labute approximate surface area is 152 Å². The quantitative estimate of drug-likeness (QED) is 0.810. The molecule has 26 heavy (non-hydrogen) atoms. The summed E-state index contributed by atoms with van der Waals surface area (Å²) in [6.07, 6.45) is 3.51. The minimum atomic E-state index is -0.104. The lowest BCUT2D eigenvalue weighted by molar-refractivity contribution is 0.0702. The maximum Gasteiger partial charge on any atom is 0.254 e. The number of amides is 1. The molecule has 1 unspecified atom stereocenters. The second kappa shape index (κ2) is 8.64. The number of nitrogens with zero attached hydrogens (tertiary/aromatic N) is 2. The Bertz CT molecular complexity index is 739. The number of benzene rings is 1. The smallest absolute Gasteiger partial charge is 0.254 e.